The van der Waals surface area contributed by atoms with Crippen molar-refractivity contribution in [3.63, 3.8) is 0 Å². The van der Waals surface area contributed by atoms with Crippen LogP contribution in [0.4, 0.5) is 13.2 Å². The van der Waals surface area contributed by atoms with Crippen LogP contribution >= 0.6 is 0 Å². The van der Waals surface area contributed by atoms with Crippen LogP contribution in [0.25, 0.3) is 11.4 Å². The third-order valence-corrected chi connectivity index (χ3v) is 5.84. The Morgan fingerprint density at radius 2 is 1.92 bits per heavy atom. The largest absolute Gasteiger partial charge is 0.492 e. The number of hydrogen-bond acceptors (Lipinski definition) is 5. The van der Waals surface area contributed by atoms with Crippen molar-refractivity contribution in [2.45, 2.75) is 19.6 Å². The lowest BCUT2D eigenvalue weighted by Gasteiger charge is -2.29. The summed E-state index contributed by atoms with van der Waals surface area (Å²) < 4.78 is 48.5. The fraction of sp³-hybridized carbons (Fsp3) is 0.250. The van der Waals surface area contributed by atoms with Crippen LogP contribution in [0.2, 0.25) is 0 Å². The fourth-order valence-corrected chi connectivity index (χ4v) is 4.03. The zero-order valence-corrected chi connectivity index (χ0v) is 19.1. The van der Waals surface area contributed by atoms with Gasteiger partial charge in [-0.05, 0) is 37.3 Å². The lowest BCUT2D eigenvalue weighted by molar-refractivity contribution is -0.141. The van der Waals surface area contributed by atoms with E-state index in [0.29, 0.717) is 35.9 Å². The van der Waals surface area contributed by atoms with Gasteiger partial charge in [-0.15, -0.1) is 0 Å². The average Bonchev–Trinajstić information content (AvgIpc) is 3.51. The van der Waals surface area contributed by atoms with E-state index in [1.807, 2.05) is 6.92 Å². The highest BCUT2D eigenvalue weighted by Crippen LogP contribution is 2.28. The van der Waals surface area contributed by atoms with Crippen LogP contribution in [0, 0.1) is 6.92 Å². The van der Waals surface area contributed by atoms with Crippen molar-refractivity contribution in [2.75, 3.05) is 19.7 Å². The molecule has 0 spiro atoms. The summed E-state index contributed by atoms with van der Waals surface area (Å²) in [6, 6.07) is 10.6. The number of fused-ring (bicyclic) bond motifs is 1. The minimum atomic E-state index is -4.52. The number of rotatable bonds is 6. The summed E-state index contributed by atoms with van der Waals surface area (Å²) in [5.74, 6) is 0.151. The lowest BCUT2D eigenvalue weighted by atomic mass is 10.2. The smallest absolute Gasteiger partial charge is 0.435 e. The highest BCUT2D eigenvalue weighted by molar-refractivity contribution is 5.93. The molecule has 1 aliphatic rings. The average molecular weight is 498 g/mol. The second-order valence-corrected chi connectivity index (χ2v) is 8.26. The number of ether oxygens (including phenoxy) is 1. The molecule has 1 amide bonds. The molecule has 1 aliphatic heterocycles. The van der Waals surface area contributed by atoms with E-state index in [0.717, 1.165) is 16.4 Å². The van der Waals surface area contributed by atoms with Gasteiger partial charge in [-0.2, -0.15) is 18.3 Å². The molecule has 1 aromatic carbocycles. The first-order valence-electron chi connectivity index (χ1n) is 11.1. The molecule has 0 aliphatic carbocycles. The number of hydrogen-bond donors (Lipinski definition) is 0. The minimum absolute atomic E-state index is 0.165. The monoisotopic (exact) mass is 498 g/mol. The number of amides is 1. The molecule has 0 bridgehead atoms. The van der Waals surface area contributed by atoms with Crippen LogP contribution in [0.1, 0.15) is 21.9 Å². The molecule has 0 saturated carbocycles. The van der Waals surface area contributed by atoms with Crippen molar-refractivity contribution in [1.29, 1.82) is 0 Å². The van der Waals surface area contributed by atoms with Crippen LogP contribution in [-0.2, 0) is 12.7 Å². The summed E-state index contributed by atoms with van der Waals surface area (Å²) in [6.07, 6.45) is 0.00970. The molecule has 5 rings (SSSR count). The molecule has 0 saturated heterocycles. The van der Waals surface area contributed by atoms with Crippen molar-refractivity contribution in [1.82, 2.24) is 28.8 Å². The van der Waals surface area contributed by atoms with Crippen molar-refractivity contribution < 1.29 is 22.7 Å². The van der Waals surface area contributed by atoms with Gasteiger partial charge in [0.15, 0.2) is 5.69 Å². The Morgan fingerprint density at radius 1 is 1.08 bits per heavy atom. The van der Waals surface area contributed by atoms with Crippen LogP contribution in [0.15, 0.2) is 66.0 Å². The maximum atomic E-state index is 13.0. The Morgan fingerprint density at radius 3 is 2.64 bits per heavy atom. The van der Waals surface area contributed by atoms with Crippen molar-refractivity contribution in [2.24, 2.45) is 0 Å². The third-order valence-electron chi connectivity index (χ3n) is 5.84. The summed E-state index contributed by atoms with van der Waals surface area (Å²) in [7, 11) is 0. The third kappa shape index (κ3) is 4.49. The molecule has 9 nitrogen and oxygen atoms in total. The molecule has 186 valence electrons. The number of aromatic nitrogens is 5. The highest BCUT2D eigenvalue weighted by Gasteiger charge is 2.33. The van der Waals surface area contributed by atoms with Crippen molar-refractivity contribution >= 4 is 5.91 Å². The number of imidazole rings is 1. The molecule has 0 N–H and O–H groups in total. The predicted octanol–water partition coefficient (Wildman–Crippen LogP) is 3.08. The Balaban J connectivity index is 1.24. The van der Waals surface area contributed by atoms with E-state index in [4.69, 9.17) is 4.74 Å². The van der Waals surface area contributed by atoms with E-state index < -0.39 is 11.9 Å². The topological polar surface area (TPSA) is 87.2 Å². The van der Waals surface area contributed by atoms with Crippen LogP contribution in [-0.4, -0.2) is 54.4 Å². The Kier molecular flexibility index (Phi) is 5.86. The standard InChI is InChI=1S/C24H21F3N6O3/c1-16-14-31(15-28-16)19-5-6-20-22(34)30(9-10-32(20)23(19)35)11-12-36-18-4-2-3-17(13-18)33-8-7-21(29-33)24(25,26)27/h2-8,13-15H,9-12H2,1H3. The second kappa shape index (κ2) is 9.02. The lowest BCUT2D eigenvalue weighted by Crippen LogP contribution is -2.46. The molecule has 0 radical (unpaired) electrons. The molecule has 0 atom stereocenters. The van der Waals surface area contributed by atoms with Gasteiger partial charge >= 0.3 is 6.18 Å². The van der Waals surface area contributed by atoms with Gasteiger partial charge in [0.2, 0.25) is 0 Å². The van der Waals surface area contributed by atoms with Crippen LogP contribution in [0.3, 0.4) is 0 Å². The van der Waals surface area contributed by atoms with Gasteiger partial charge in [-0.25, -0.2) is 9.67 Å². The summed E-state index contributed by atoms with van der Waals surface area (Å²) in [4.78, 5) is 31.6. The minimum Gasteiger partial charge on any atom is -0.492 e. The number of carbonyl (C=O) groups is 1. The maximum absolute atomic E-state index is 13.0. The SMILES string of the molecule is Cc1cn(-c2ccc3n(c2=O)CCN(CCOc2cccc(-n4ccc(C(F)(F)F)n4)c2)C3=O)cn1. The Bertz CT molecular complexity index is 1490. The molecule has 4 aromatic rings. The van der Waals surface area contributed by atoms with Gasteiger partial charge in [-0.3, -0.25) is 9.59 Å². The van der Waals surface area contributed by atoms with E-state index in [1.54, 1.807) is 58.4 Å². The fourth-order valence-electron chi connectivity index (χ4n) is 4.03. The van der Waals surface area contributed by atoms with Gasteiger partial charge < -0.3 is 18.8 Å². The first-order valence-corrected chi connectivity index (χ1v) is 11.1. The van der Waals surface area contributed by atoms with E-state index >= 15 is 0 Å². The number of halogens is 3. The molecular weight excluding hydrogens is 477 g/mol. The number of aryl methyl sites for hydroxylation is 1. The van der Waals surface area contributed by atoms with Gasteiger partial charge in [-0.1, -0.05) is 6.07 Å². The summed E-state index contributed by atoms with van der Waals surface area (Å²) in [5, 5.41) is 3.56. The van der Waals surface area contributed by atoms with Gasteiger partial charge in [0.05, 0.1) is 24.3 Å². The van der Waals surface area contributed by atoms with Crippen molar-refractivity contribution in [3.05, 3.63) is 88.6 Å². The molecule has 4 heterocycles. The molecule has 0 unspecified atom stereocenters. The molecule has 12 heteroatoms. The summed E-state index contributed by atoms with van der Waals surface area (Å²) in [5.41, 5.74) is 0.661. The van der Waals surface area contributed by atoms with E-state index in [2.05, 4.69) is 10.1 Å². The quantitative estimate of drug-likeness (QED) is 0.408. The first kappa shape index (κ1) is 23.4. The zero-order valence-electron chi connectivity index (χ0n) is 19.1. The van der Waals surface area contributed by atoms with E-state index in [9.17, 15) is 22.8 Å². The van der Waals surface area contributed by atoms with Gasteiger partial charge in [0.25, 0.3) is 11.5 Å². The predicted molar refractivity (Wildman–Crippen MR) is 123 cm³/mol. The van der Waals surface area contributed by atoms with Crippen LogP contribution < -0.4 is 10.3 Å². The zero-order chi connectivity index (χ0) is 25.4. The highest BCUT2D eigenvalue weighted by atomic mass is 19.4. The van der Waals surface area contributed by atoms with Crippen LogP contribution in [0.5, 0.6) is 5.75 Å². The first-order chi connectivity index (χ1) is 17.2. The van der Waals surface area contributed by atoms with E-state index in [1.165, 1.54) is 10.8 Å². The maximum Gasteiger partial charge on any atom is 0.435 e. The number of benzene rings is 1. The molecular formula is C24H21F3N6O3. The number of pyridine rings is 1. The summed E-state index contributed by atoms with van der Waals surface area (Å²) in [6.45, 7) is 2.96. The second-order valence-electron chi connectivity index (χ2n) is 8.26. The number of carbonyl (C=O) groups excluding carboxylic acids is 1. The Hall–Kier alpha value is -4.35. The number of nitrogens with zero attached hydrogens (tertiary/aromatic N) is 6. The molecule has 0 fully saturated rings. The normalized spacial score (nSPS) is 13.7. The molecule has 36 heavy (non-hydrogen) atoms. The number of alkyl halides is 3. The van der Waals surface area contributed by atoms with Gasteiger partial charge in [0, 0.05) is 31.5 Å². The molecule has 3 aromatic heterocycles. The summed E-state index contributed by atoms with van der Waals surface area (Å²) >= 11 is 0. The van der Waals surface area contributed by atoms with Gasteiger partial charge in [0.1, 0.15) is 23.7 Å². The Labute approximate surface area is 203 Å². The van der Waals surface area contributed by atoms with Crippen molar-refractivity contribution in [3.8, 4) is 17.1 Å². The van der Waals surface area contributed by atoms with E-state index in [-0.39, 0.29) is 24.6 Å².